The van der Waals surface area contributed by atoms with Crippen LogP contribution in [0.3, 0.4) is 0 Å². The number of rotatable bonds is 3. The fourth-order valence-electron chi connectivity index (χ4n) is 1.89. The second kappa shape index (κ2) is 5.36. The largest absolute Gasteiger partial charge is 0.496 e. The smallest absolute Gasteiger partial charge is 0.121 e. The molecule has 0 saturated carbocycles. The minimum absolute atomic E-state index is 0.867. The van der Waals surface area contributed by atoms with E-state index in [0.29, 0.717) is 0 Å². The Morgan fingerprint density at radius 2 is 1.72 bits per heavy atom. The van der Waals surface area contributed by atoms with Crippen molar-refractivity contribution in [1.29, 1.82) is 0 Å². The Kier molecular flexibility index (Phi) is 3.63. The molecule has 2 rings (SSSR count). The number of ether oxygens (including phenoxy) is 1. The summed E-state index contributed by atoms with van der Waals surface area (Å²) in [6, 6.07) is 13.9. The number of benzene rings is 2. The summed E-state index contributed by atoms with van der Waals surface area (Å²) in [5.74, 6) is 0.891. The van der Waals surface area contributed by atoms with Crippen LogP contribution in [0.15, 0.2) is 47.6 Å². The highest BCUT2D eigenvalue weighted by Crippen LogP contribution is 2.26. The first-order valence-corrected chi connectivity index (χ1v) is 5.67. The van der Waals surface area contributed by atoms with Crippen LogP contribution in [0.25, 0.3) is 11.1 Å². The van der Waals surface area contributed by atoms with E-state index in [-0.39, 0.29) is 0 Å². The summed E-state index contributed by atoms with van der Waals surface area (Å²) >= 11 is 0. The van der Waals surface area contributed by atoms with Crippen molar-refractivity contribution < 1.29 is 9.94 Å². The summed E-state index contributed by atoms with van der Waals surface area (Å²) in [5.41, 5.74) is 4.24. The molecule has 2 aromatic carbocycles. The molecule has 3 nitrogen and oxygen atoms in total. The first-order chi connectivity index (χ1) is 8.74. The van der Waals surface area contributed by atoms with Gasteiger partial charge in [0, 0.05) is 0 Å². The van der Waals surface area contributed by atoms with Crippen molar-refractivity contribution in [3.05, 3.63) is 53.6 Å². The lowest BCUT2D eigenvalue weighted by molar-refractivity contribution is 0.322. The third-order valence-corrected chi connectivity index (χ3v) is 2.85. The summed E-state index contributed by atoms with van der Waals surface area (Å²) in [4.78, 5) is 0. The van der Waals surface area contributed by atoms with Crippen molar-refractivity contribution in [1.82, 2.24) is 0 Å². The average molecular weight is 241 g/mol. The molecule has 0 bridgehead atoms. The Morgan fingerprint density at radius 1 is 1.06 bits per heavy atom. The van der Waals surface area contributed by atoms with Crippen LogP contribution < -0.4 is 4.74 Å². The van der Waals surface area contributed by atoms with Gasteiger partial charge in [-0.2, -0.15) is 0 Å². The number of nitrogens with zero attached hydrogens (tertiary/aromatic N) is 1. The van der Waals surface area contributed by atoms with Gasteiger partial charge < -0.3 is 9.94 Å². The van der Waals surface area contributed by atoms with Crippen LogP contribution >= 0.6 is 0 Å². The second-order valence-electron chi connectivity index (χ2n) is 4.05. The Morgan fingerprint density at radius 3 is 2.28 bits per heavy atom. The lowest BCUT2D eigenvalue weighted by Gasteiger charge is -2.07. The molecule has 1 N–H and O–H groups in total. The normalized spacial score (nSPS) is 10.8. The quantitative estimate of drug-likeness (QED) is 0.508. The highest BCUT2D eigenvalue weighted by atomic mass is 16.5. The molecule has 0 radical (unpaired) electrons. The van der Waals surface area contributed by atoms with Gasteiger partial charge in [0.2, 0.25) is 0 Å². The monoisotopic (exact) mass is 241 g/mol. The van der Waals surface area contributed by atoms with E-state index in [1.807, 2.05) is 43.3 Å². The van der Waals surface area contributed by atoms with E-state index in [9.17, 15) is 0 Å². The van der Waals surface area contributed by atoms with E-state index in [1.165, 1.54) is 6.21 Å². The molecule has 0 amide bonds. The highest BCUT2D eigenvalue weighted by molar-refractivity contribution is 5.80. The van der Waals surface area contributed by atoms with Gasteiger partial charge in [-0.25, -0.2) is 0 Å². The highest BCUT2D eigenvalue weighted by Gasteiger charge is 2.02. The summed E-state index contributed by atoms with van der Waals surface area (Å²) in [6.45, 7) is 2.02. The predicted molar refractivity (Wildman–Crippen MR) is 72.5 cm³/mol. The van der Waals surface area contributed by atoms with E-state index in [1.54, 1.807) is 7.11 Å². The van der Waals surface area contributed by atoms with Crippen LogP contribution in [-0.2, 0) is 0 Å². The minimum Gasteiger partial charge on any atom is -0.496 e. The van der Waals surface area contributed by atoms with Crippen molar-refractivity contribution in [2.24, 2.45) is 5.16 Å². The molecular formula is C15H15NO2. The number of hydrogen-bond donors (Lipinski definition) is 1. The second-order valence-corrected chi connectivity index (χ2v) is 4.05. The number of methoxy groups -OCH3 is 1. The van der Waals surface area contributed by atoms with E-state index < -0.39 is 0 Å². The molecule has 0 aromatic heterocycles. The molecule has 2 aromatic rings. The van der Waals surface area contributed by atoms with Crippen LogP contribution in [0.4, 0.5) is 0 Å². The van der Waals surface area contributed by atoms with Gasteiger partial charge >= 0.3 is 0 Å². The SMILES string of the molecule is COc1ccc(-c2ccc(/C=N/O)cc2)cc1C. The molecule has 0 aliphatic rings. The van der Waals surface area contributed by atoms with Crippen molar-refractivity contribution in [3.8, 4) is 16.9 Å². The van der Waals surface area contributed by atoms with E-state index >= 15 is 0 Å². The zero-order valence-corrected chi connectivity index (χ0v) is 10.4. The molecular weight excluding hydrogens is 226 g/mol. The molecule has 0 atom stereocenters. The Balaban J connectivity index is 2.33. The maximum atomic E-state index is 8.46. The summed E-state index contributed by atoms with van der Waals surface area (Å²) < 4.78 is 5.24. The van der Waals surface area contributed by atoms with Crippen LogP contribution in [-0.4, -0.2) is 18.5 Å². The van der Waals surface area contributed by atoms with Gasteiger partial charge in [0.25, 0.3) is 0 Å². The Bertz CT molecular complexity index is 559. The van der Waals surface area contributed by atoms with Gasteiger partial charge in [-0.1, -0.05) is 35.5 Å². The maximum absolute atomic E-state index is 8.46. The summed E-state index contributed by atoms with van der Waals surface area (Å²) in [5, 5.41) is 11.5. The van der Waals surface area contributed by atoms with Gasteiger partial charge in [-0.3, -0.25) is 0 Å². The summed E-state index contributed by atoms with van der Waals surface area (Å²) in [6.07, 6.45) is 1.41. The molecule has 0 saturated heterocycles. The fourth-order valence-corrected chi connectivity index (χ4v) is 1.89. The maximum Gasteiger partial charge on any atom is 0.121 e. The third-order valence-electron chi connectivity index (χ3n) is 2.85. The first kappa shape index (κ1) is 12.2. The van der Waals surface area contributed by atoms with E-state index in [0.717, 1.165) is 28.0 Å². The van der Waals surface area contributed by atoms with Crippen LogP contribution in [0, 0.1) is 6.92 Å². The van der Waals surface area contributed by atoms with Gasteiger partial charge in [-0.05, 0) is 41.3 Å². The van der Waals surface area contributed by atoms with Gasteiger partial charge in [-0.15, -0.1) is 0 Å². The van der Waals surface area contributed by atoms with Crippen molar-refractivity contribution in [3.63, 3.8) is 0 Å². The Hall–Kier alpha value is -2.29. The lowest BCUT2D eigenvalue weighted by Crippen LogP contribution is -1.88. The zero-order valence-electron chi connectivity index (χ0n) is 10.4. The van der Waals surface area contributed by atoms with Gasteiger partial charge in [0.05, 0.1) is 13.3 Å². The number of hydrogen-bond acceptors (Lipinski definition) is 3. The Labute approximate surface area is 106 Å². The third kappa shape index (κ3) is 2.51. The van der Waals surface area contributed by atoms with E-state index in [4.69, 9.17) is 9.94 Å². The number of aryl methyl sites for hydroxylation is 1. The molecule has 18 heavy (non-hydrogen) atoms. The number of oxime groups is 1. The van der Waals surface area contributed by atoms with Gasteiger partial charge in [0.1, 0.15) is 5.75 Å². The topological polar surface area (TPSA) is 41.8 Å². The summed E-state index contributed by atoms with van der Waals surface area (Å²) in [7, 11) is 1.67. The molecule has 0 unspecified atom stereocenters. The molecule has 0 heterocycles. The van der Waals surface area contributed by atoms with Crippen LogP contribution in [0.5, 0.6) is 5.75 Å². The molecule has 92 valence electrons. The molecule has 0 fully saturated rings. The average Bonchev–Trinajstić information content (AvgIpc) is 2.40. The standard InChI is InChI=1S/C15H15NO2/c1-11-9-14(7-8-15(11)18-2)13-5-3-12(4-6-13)10-16-17/h3-10,17H,1-2H3/b16-10+. The van der Waals surface area contributed by atoms with Crippen LogP contribution in [0.1, 0.15) is 11.1 Å². The molecule has 0 aliphatic carbocycles. The van der Waals surface area contributed by atoms with Crippen LogP contribution in [0.2, 0.25) is 0 Å². The van der Waals surface area contributed by atoms with Crippen molar-refractivity contribution in [2.45, 2.75) is 6.92 Å². The first-order valence-electron chi connectivity index (χ1n) is 5.67. The van der Waals surface area contributed by atoms with Gasteiger partial charge in [0.15, 0.2) is 0 Å². The van der Waals surface area contributed by atoms with Crippen molar-refractivity contribution in [2.75, 3.05) is 7.11 Å². The minimum atomic E-state index is 0.867. The zero-order chi connectivity index (χ0) is 13.0. The van der Waals surface area contributed by atoms with Crippen molar-refractivity contribution >= 4 is 6.21 Å². The fraction of sp³-hybridized carbons (Fsp3) is 0.133. The molecule has 0 spiro atoms. The predicted octanol–water partition coefficient (Wildman–Crippen LogP) is 3.48. The molecule has 0 aliphatic heterocycles. The van der Waals surface area contributed by atoms with E-state index in [2.05, 4.69) is 11.2 Å². The lowest BCUT2D eigenvalue weighted by atomic mass is 10.0. The molecule has 3 heteroatoms.